The molecule has 0 saturated heterocycles. The third-order valence-electron chi connectivity index (χ3n) is 1.60. The van der Waals surface area contributed by atoms with Gasteiger partial charge in [0.05, 0.1) is 12.5 Å². The van der Waals surface area contributed by atoms with Gasteiger partial charge in [0.2, 0.25) is 0 Å². The molecule has 0 aliphatic heterocycles. The molecular weight excluding hydrogens is 179 g/mol. The average molecular weight is 192 g/mol. The van der Waals surface area contributed by atoms with E-state index in [2.05, 4.69) is 9.97 Å². The molecule has 0 unspecified atom stereocenters. The number of hydrogen-bond acceptors (Lipinski definition) is 1. The van der Waals surface area contributed by atoms with Gasteiger partial charge in [-0.15, -0.1) is 0 Å². The fourth-order valence-electron chi connectivity index (χ4n) is 1.08. The van der Waals surface area contributed by atoms with E-state index in [1.807, 2.05) is 32.1 Å². The van der Waals surface area contributed by atoms with E-state index in [0.717, 1.165) is 11.3 Å². The quantitative estimate of drug-likeness (QED) is 0.728. The summed E-state index contributed by atoms with van der Waals surface area (Å²) in [6.45, 7) is 3.76. The molecule has 1 heterocycles. The Kier molecular flexibility index (Phi) is 3.85. The number of rotatable bonds is 1. The summed E-state index contributed by atoms with van der Waals surface area (Å²) >= 11 is 0. The number of nitrogens with zero attached hydrogens (tertiary/aromatic N) is 1. The van der Waals surface area contributed by atoms with Crippen molar-refractivity contribution in [3.05, 3.63) is 47.8 Å². The van der Waals surface area contributed by atoms with Crippen molar-refractivity contribution < 1.29 is 4.39 Å². The standard InChI is InChI=1S/C11H13FN2/c1-3-4-11-6-9(2)5-10(12)7-13-8-14-11/h3-8H,1-2H3,(H,13,14). The first-order chi connectivity index (χ1) is 6.72. The fourth-order valence-corrected chi connectivity index (χ4v) is 1.08. The van der Waals surface area contributed by atoms with Gasteiger partial charge in [-0.05, 0) is 37.6 Å². The van der Waals surface area contributed by atoms with Crippen molar-refractivity contribution in [1.82, 2.24) is 9.97 Å². The summed E-state index contributed by atoms with van der Waals surface area (Å²) in [6.07, 6.45) is 6.43. The number of halogens is 1. The molecule has 1 rings (SSSR count). The highest BCUT2D eigenvalue weighted by Gasteiger charge is 1.87. The highest BCUT2D eigenvalue weighted by atomic mass is 19.1. The molecule has 0 amide bonds. The summed E-state index contributed by atoms with van der Waals surface area (Å²) in [6, 6.07) is 3.29. The van der Waals surface area contributed by atoms with Crippen LogP contribution in [0.4, 0.5) is 4.39 Å². The molecule has 0 radical (unpaired) electrons. The average Bonchev–Trinajstić information content (AvgIpc) is 2.17. The summed E-state index contributed by atoms with van der Waals surface area (Å²) in [5, 5.41) is 0. The zero-order valence-corrected chi connectivity index (χ0v) is 8.29. The Bertz CT molecular complexity index is 379. The third kappa shape index (κ3) is 3.39. The van der Waals surface area contributed by atoms with Gasteiger partial charge < -0.3 is 4.98 Å². The minimum atomic E-state index is -0.349. The summed E-state index contributed by atoms with van der Waals surface area (Å²) in [7, 11) is 0. The molecule has 3 heteroatoms. The van der Waals surface area contributed by atoms with Crippen molar-refractivity contribution in [1.29, 1.82) is 0 Å². The Morgan fingerprint density at radius 3 is 2.93 bits per heavy atom. The molecule has 0 aromatic carbocycles. The minimum Gasteiger partial charge on any atom is -0.346 e. The van der Waals surface area contributed by atoms with Crippen LogP contribution in [0.5, 0.6) is 0 Å². The van der Waals surface area contributed by atoms with Gasteiger partial charge in [-0.25, -0.2) is 9.37 Å². The normalized spacial score (nSPS) is 10.2. The van der Waals surface area contributed by atoms with Crippen LogP contribution >= 0.6 is 0 Å². The first kappa shape index (κ1) is 10.4. The van der Waals surface area contributed by atoms with Gasteiger partial charge in [0.25, 0.3) is 0 Å². The summed E-state index contributed by atoms with van der Waals surface area (Å²) in [5.41, 5.74) is 1.72. The van der Waals surface area contributed by atoms with E-state index in [1.54, 1.807) is 0 Å². The molecule has 14 heavy (non-hydrogen) atoms. The van der Waals surface area contributed by atoms with Gasteiger partial charge in [0, 0.05) is 5.69 Å². The second-order valence-electron chi connectivity index (χ2n) is 2.92. The predicted molar refractivity (Wildman–Crippen MR) is 55.6 cm³/mol. The lowest BCUT2D eigenvalue weighted by molar-refractivity contribution is 0.622. The second kappa shape index (κ2) is 5.17. The Hall–Kier alpha value is -1.64. The van der Waals surface area contributed by atoms with E-state index in [1.165, 1.54) is 18.6 Å². The van der Waals surface area contributed by atoms with Crippen molar-refractivity contribution >= 4 is 6.08 Å². The van der Waals surface area contributed by atoms with Gasteiger partial charge >= 0.3 is 0 Å². The molecule has 1 aromatic heterocycles. The fraction of sp³-hybridized carbons (Fsp3) is 0.182. The van der Waals surface area contributed by atoms with Crippen molar-refractivity contribution in [2.75, 3.05) is 0 Å². The molecule has 0 bridgehead atoms. The molecule has 1 aromatic rings. The largest absolute Gasteiger partial charge is 0.346 e. The van der Waals surface area contributed by atoms with Gasteiger partial charge in [0.1, 0.15) is 5.82 Å². The molecule has 0 saturated carbocycles. The lowest BCUT2D eigenvalue weighted by Gasteiger charge is -1.89. The van der Waals surface area contributed by atoms with E-state index >= 15 is 0 Å². The van der Waals surface area contributed by atoms with Crippen LogP contribution < -0.4 is 0 Å². The van der Waals surface area contributed by atoms with Gasteiger partial charge in [-0.2, -0.15) is 0 Å². The Balaban J connectivity index is 3.32. The van der Waals surface area contributed by atoms with Gasteiger partial charge in [-0.1, -0.05) is 6.08 Å². The van der Waals surface area contributed by atoms with Crippen LogP contribution in [0, 0.1) is 12.7 Å². The number of aromatic nitrogens is 2. The minimum absolute atomic E-state index is 0.349. The van der Waals surface area contributed by atoms with Crippen LogP contribution in [0.15, 0.2) is 30.7 Å². The highest BCUT2D eigenvalue weighted by molar-refractivity contribution is 5.43. The molecule has 0 fully saturated rings. The molecule has 0 atom stereocenters. The third-order valence-corrected chi connectivity index (χ3v) is 1.60. The monoisotopic (exact) mass is 192 g/mol. The Morgan fingerprint density at radius 2 is 2.21 bits per heavy atom. The van der Waals surface area contributed by atoms with Crippen LogP contribution in [0.2, 0.25) is 0 Å². The number of aromatic amines is 1. The summed E-state index contributed by atoms with van der Waals surface area (Å²) < 4.78 is 13.0. The summed E-state index contributed by atoms with van der Waals surface area (Å²) in [5.74, 6) is -0.349. The van der Waals surface area contributed by atoms with Crippen molar-refractivity contribution in [2.45, 2.75) is 13.8 Å². The Morgan fingerprint density at radius 1 is 1.43 bits per heavy atom. The maximum atomic E-state index is 13.0. The second-order valence-corrected chi connectivity index (χ2v) is 2.92. The van der Waals surface area contributed by atoms with Gasteiger partial charge in [-0.3, -0.25) is 0 Å². The SMILES string of the molecule is CC=Cc1cc(C)cc(F)cnc[nH]1. The maximum Gasteiger partial charge on any atom is 0.141 e. The number of allylic oxidation sites excluding steroid dienone is 1. The molecule has 2 nitrogen and oxygen atoms in total. The van der Waals surface area contributed by atoms with Crippen LogP contribution in [0.1, 0.15) is 18.2 Å². The van der Waals surface area contributed by atoms with Crippen LogP contribution in [0.25, 0.3) is 6.08 Å². The molecule has 0 aliphatic carbocycles. The van der Waals surface area contributed by atoms with Gasteiger partial charge in [0.15, 0.2) is 0 Å². The molecule has 74 valence electrons. The topological polar surface area (TPSA) is 28.7 Å². The predicted octanol–water partition coefficient (Wildman–Crippen LogP) is 3.01. The number of hydrogen-bond donors (Lipinski definition) is 1. The van der Waals surface area contributed by atoms with Crippen LogP contribution in [0.3, 0.4) is 0 Å². The Labute approximate surface area is 82.8 Å². The van der Waals surface area contributed by atoms with Crippen molar-refractivity contribution in [3.63, 3.8) is 0 Å². The zero-order chi connectivity index (χ0) is 10.4. The molecule has 1 N–H and O–H groups in total. The highest BCUT2D eigenvalue weighted by Crippen LogP contribution is 2.01. The number of aryl methyl sites for hydroxylation is 1. The van der Waals surface area contributed by atoms with E-state index in [0.29, 0.717) is 0 Å². The first-order valence-corrected chi connectivity index (χ1v) is 4.39. The smallest absolute Gasteiger partial charge is 0.141 e. The van der Waals surface area contributed by atoms with E-state index < -0.39 is 0 Å². The summed E-state index contributed by atoms with van der Waals surface area (Å²) in [4.78, 5) is 6.69. The van der Waals surface area contributed by atoms with E-state index in [-0.39, 0.29) is 5.82 Å². The number of H-pyrrole nitrogens is 1. The van der Waals surface area contributed by atoms with E-state index in [9.17, 15) is 4.39 Å². The molecule has 0 aliphatic rings. The van der Waals surface area contributed by atoms with Crippen LogP contribution in [-0.4, -0.2) is 9.97 Å². The zero-order valence-electron chi connectivity index (χ0n) is 8.29. The lowest BCUT2D eigenvalue weighted by atomic mass is 10.2. The molecule has 0 spiro atoms. The maximum absolute atomic E-state index is 13.0. The van der Waals surface area contributed by atoms with Crippen molar-refractivity contribution in [2.24, 2.45) is 0 Å². The lowest BCUT2D eigenvalue weighted by Crippen LogP contribution is -1.75. The van der Waals surface area contributed by atoms with E-state index in [4.69, 9.17) is 0 Å². The molecular formula is C11H13FN2. The van der Waals surface area contributed by atoms with Crippen molar-refractivity contribution in [3.8, 4) is 0 Å². The van der Waals surface area contributed by atoms with Crippen LogP contribution in [-0.2, 0) is 0 Å². The number of nitrogens with one attached hydrogen (secondary N) is 1. The first-order valence-electron chi connectivity index (χ1n) is 4.39.